The van der Waals surface area contributed by atoms with Gasteiger partial charge in [-0.25, -0.2) is 4.79 Å². The highest BCUT2D eigenvalue weighted by Crippen LogP contribution is 2.23. The number of allylic oxidation sites excluding steroid dienone is 2. The first kappa shape index (κ1) is 32.3. The van der Waals surface area contributed by atoms with Crippen molar-refractivity contribution in [3.63, 3.8) is 0 Å². The number of phenols is 1. The predicted molar refractivity (Wildman–Crippen MR) is 159 cm³/mol. The lowest BCUT2D eigenvalue weighted by Crippen LogP contribution is -2.40. The molecule has 40 heavy (non-hydrogen) atoms. The Balaban J connectivity index is 0.000000319. The van der Waals surface area contributed by atoms with Gasteiger partial charge in [0.25, 0.3) is 0 Å². The molecule has 212 valence electrons. The molecule has 0 radical (unpaired) electrons. The summed E-state index contributed by atoms with van der Waals surface area (Å²) < 4.78 is 10.9. The highest BCUT2D eigenvalue weighted by molar-refractivity contribution is 6.30. The van der Waals surface area contributed by atoms with Gasteiger partial charge in [0.1, 0.15) is 11.5 Å². The van der Waals surface area contributed by atoms with Gasteiger partial charge in [-0.2, -0.15) is 0 Å². The first-order valence-electron chi connectivity index (χ1n) is 13.0. The third-order valence-corrected chi connectivity index (χ3v) is 5.90. The molecule has 3 aromatic carbocycles. The molecule has 0 saturated carbocycles. The summed E-state index contributed by atoms with van der Waals surface area (Å²) in [5.74, 6) is 0.204. The standard InChI is InChI=1S/C20H21ClO4.C13H16O2/c1-13(2)24-19(23)20(3,4)25-17-11-7-15(8-12-17)18(22)14-5-9-16(21)10-6-14;1-9(2)4-5-12-8-11(10(3)14)6-7-13(12)15/h5-13H,1-4H3;4,6-8,15H,5H2,1-3H3. The van der Waals surface area contributed by atoms with Crippen molar-refractivity contribution in [1.29, 1.82) is 0 Å². The van der Waals surface area contributed by atoms with Gasteiger partial charge in [0, 0.05) is 21.7 Å². The number of aromatic hydroxyl groups is 1. The second kappa shape index (κ2) is 14.5. The van der Waals surface area contributed by atoms with Gasteiger partial charge in [-0.15, -0.1) is 0 Å². The topological polar surface area (TPSA) is 89.9 Å². The van der Waals surface area contributed by atoms with Crippen LogP contribution in [0.4, 0.5) is 0 Å². The van der Waals surface area contributed by atoms with Crippen molar-refractivity contribution >= 4 is 29.1 Å². The lowest BCUT2D eigenvalue weighted by Gasteiger charge is -2.25. The fourth-order valence-electron chi connectivity index (χ4n) is 3.42. The van der Waals surface area contributed by atoms with E-state index in [9.17, 15) is 19.5 Å². The number of carbonyl (C=O) groups is 3. The minimum Gasteiger partial charge on any atom is -0.508 e. The Morgan fingerprint density at radius 1 is 0.875 bits per heavy atom. The normalized spacial score (nSPS) is 10.7. The maximum atomic E-state index is 12.4. The minimum absolute atomic E-state index is 0.0217. The fourth-order valence-corrected chi connectivity index (χ4v) is 3.54. The maximum Gasteiger partial charge on any atom is 0.350 e. The first-order chi connectivity index (χ1) is 18.7. The van der Waals surface area contributed by atoms with Crippen molar-refractivity contribution in [2.24, 2.45) is 0 Å². The van der Waals surface area contributed by atoms with Gasteiger partial charge >= 0.3 is 5.97 Å². The van der Waals surface area contributed by atoms with Gasteiger partial charge in [-0.05, 0) is 127 Å². The summed E-state index contributed by atoms with van der Waals surface area (Å²) in [4.78, 5) is 35.6. The molecule has 1 N–H and O–H groups in total. The average molecular weight is 565 g/mol. The molecule has 0 unspecified atom stereocenters. The van der Waals surface area contributed by atoms with Crippen LogP contribution in [0.5, 0.6) is 11.5 Å². The van der Waals surface area contributed by atoms with Crippen LogP contribution >= 0.6 is 11.6 Å². The Morgan fingerprint density at radius 2 is 1.40 bits per heavy atom. The zero-order valence-electron chi connectivity index (χ0n) is 24.1. The molecular formula is C33H37ClO6. The van der Waals surface area contributed by atoms with E-state index in [1.807, 2.05) is 19.9 Å². The summed E-state index contributed by atoms with van der Waals surface area (Å²) >= 11 is 5.84. The van der Waals surface area contributed by atoms with Gasteiger partial charge in [0.2, 0.25) is 0 Å². The van der Waals surface area contributed by atoms with E-state index in [0.717, 1.165) is 5.56 Å². The predicted octanol–water partition coefficient (Wildman–Crippen LogP) is 7.78. The Hall–Kier alpha value is -3.90. The molecule has 0 aliphatic carbocycles. The van der Waals surface area contributed by atoms with Crippen molar-refractivity contribution in [2.75, 3.05) is 0 Å². The second-order valence-electron chi connectivity index (χ2n) is 10.3. The van der Waals surface area contributed by atoms with Crippen LogP contribution in [0, 0.1) is 0 Å². The number of halogens is 1. The Bertz CT molecular complexity index is 1350. The monoisotopic (exact) mass is 564 g/mol. The van der Waals surface area contributed by atoms with Crippen molar-refractivity contribution in [2.45, 2.75) is 66.6 Å². The number of hydrogen-bond donors (Lipinski definition) is 1. The number of hydrogen-bond acceptors (Lipinski definition) is 6. The summed E-state index contributed by atoms with van der Waals surface area (Å²) in [6, 6.07) is 18.3. The average Bonchev–Trinajstić information content (AvgIpc) is 2.88. The highest BCUT2D eigenvalue weighted by Gasteiger charge is 2.32. The van der Waals surface area contributed by atoms with E-state index in [1.54, 1.807) is 94.4 Å². The molecule has 0 amide bonds. The van der Waals surface area contributed by atoms with Crippen LogP contribution in [-0.4, -0.2) is 34.3 Å². The molecule has 0 fully saturated rings. The van der Waals surface area contributed by atoms with Gasteiger partial charge in [-0.3, -0.25) is 9.59 Å². The molecule has 0 heterocycles. The molecule has 7 heteroatoms. The number of benzene rings is 3. The summed E-state index contributed by atoms with van der Waals surface area (Å²) in [6.45, 7) is 12.4. The van der Waals surface area contributed by atoms with E-state index in [2.05, 4.69) is 0 Å². The van der Waals surface area contributed by atoms with Crippen LogP contribution < -0.4 is 4.74 Å². The van der Waals surface area contributed by atoms with Crippen molar-refractivity contribution in [3.05, 3.63) is 106 Å². The quantitative estimate of drug-likeness (QED) is 0.162. The SMILES string of the molecule is CC(=O)c1ccc(O)c(CC=C(C)C)c1.CC(C)OC(=O)C(C)(C)Oc1ccc(C(=O)c2ccc(Cl)cc2)cc1. The fraction of sp³-hybridized carbons (Fsp3) is 0.303. The molecular weight excluding hydrogens is 528 g/mol. The van der Waals surface area contributed by atoms with Gasteiger partial charge in [0.05, 0.1) is 6.10 Å². The van der Waals surface area contributed by atoms with Crippen molar-refractivity contribution < 1.29 is 29.0 Å². The van der Waals surface area contributed by atoms with Crippen molar-refractivity contribution in [3.8, 4) is 11.5 Å². The lowest BCUT2D eigenvalue weighted by molar-refractivity contribution is -0.163. The molecule has 3 rings (SSSR count). The number of esters is 1. The van der Waals surface area contributed by atoms with Crippen molar-refractivity contribution in [1.82, 2.24) is 0 Å². The molecule has 0 atom stereocenters. The van der Waals surface area contributed by atoms with Gasteiger partial charge < -0.3 is 14.6 Å². The molecule has 0 bridgehead atoms. The van der Waals surface area contributed by atoms with E-state index in [-0.39, 0.29) is 23.4 Å². The lowest BCUT2D eigenvalue weighted by atomic mass is 10.0. The van der Waals surface area contributed by atoms with E-state index in [0.29, 0.717) is 33.9 Å². The maximum absolute atomic E-state index is 12.4. The summed E-state index contributed by atoms with van der Waals surface area (Å²) in [5, 5.41) is 10.2. The number of ketones is 2. The molecule has 3 aromatic rings. The van der Waals surface area contributed by atoms with E-state index >= 15 is 0 Å². The number of carbonyl (C=O) groups excluding carboxylic acids is 3. The second-order valence-corrected chi connectivity index (χ2v) is 10.7. The van der Waals surface area contributed by atoms with Crippen LogP contribution in [0.1, 0.15) is 80.3 Å². The molecule has 0 saturated heterocycles. The van der Waals surface area contributed by atoms with E-state index in [1.165, 1.54) is 12.5 Å². The summed E-state index contributed by atoms with van der Waals surface area (Å²) in [6.07, 6.45) is 2.48. The van der Waals surface area contributed by atoms with Crippen LogP contribution in [0.3, 0.4) is 0 Å². The first-order valence-corrected chi connectivity index (χ1v) is 13.3. The molecule has 0 spiro atoms. The smallest absolute Gasteiger partial charge is 0.350 e. The minimum atomic E-state index is -1.12. The molecule has 6 nitrogen and oxygen atoms in total. The summed E-state index contributed by atoms with van der Waals surface area (Å²) in [5.41, 5.74) is 2.60. The number of rotatable bonds is 9. The van der Waals surface area contributed by atoms with Crippen LogP contribution in [0.25, 0.3) is 0 Å². The zero-order valence-corrected chi connectivity index (χ0v) is 24.8. The number of phenolic OH excluding ortho intramolecular Hbond substituents is 1. The molecule has 0 aliphatic rings. The van der Waals surface area contributed by atoms with Crippen LogP contribution in [0.2, 0.25) is 5.02 Å². The molecule has 0 aliphatic heterocycles. The molecule has 0 aromatic heterocycles. The third-order valence-electron chi connectivity index (χ3n) is 5.65. The van der Waals surface area contributed by atoms with E-state index < -0.39 is 11.6 Å². The number of ether oxygens (including phenoxy) is 2. The third kappa shape index (κ3) is 10.0. The van der Waals surface area contributed by atoms with Gasteiger partial charge in [-0.1, -0.05) is 23.3 Å². The Kier molecular flexibility index (Phi) is 11.7. The van der Waals surface area contributed by atoms with Crippen LogP contribution in [0.15, 0.2) is 78.4 Å². The van der Waals surface area contributed by atoms with E-state index in [4.69, 9.17) is 21.1 Å². The summed E-state index contributed by atoms with van der Waals surface area (Å²) in [7, 11) is 0. The van der Waals surface area contributed by atoms with Crippen LogP contribution in [-0.2, 0) is 16.0 Å². The highest BCUT2D eigenvalue weighted by atomic mass is 35.5. The zero-order chi connectivity index (χ0) is 30.0. The Morgan fingerprint density at radius 3 is 1.90 bits per heavy atom. The largest absolute Gasteiger partial charge is 0.508 e. The van der Waals surface area contributed by atoms with Gasteiger partial charge in [0.15, 0.2) is 17.2 Å². The number of Topliss-reactive ketones (excluding diaryl/α,β-unsaturated/α-hetero) is 1. The Labute approximate surface area is 241 Å².